The molecule has 3 heterocycles. The lowest BCUT2D eigenvalue weighted by Gasteiger charge is -2.29. The summed E-state index contributed by atoms with van der Waals surface area (Å²) in [5, 5.41) is 3.40. The SMILES string of the molecule is CCN1CCC2CCC(C1)N2C(=O)CCC1CCNC1.Cl.Cl. The largest absolute Gasteiger partial charge is 0.335 e. The molecule has 0 aliphatic carbocycles. The van der Waals surface area contributed by atoms with Gasteiger partial charge in [-0.1, -0.05) is 6.92 Å². The molecule has 0 aromatic rings. The number of rotatable bonds is 4. The molecule has 3 atom stereocenters. The van der Waals surface area contributed by atoms with E-state index in [2.05, 4.69) is 22.0 Å². The first-order valence-corrected chi connectivity index (χ1v) is 8.52. The van der Waals surface area contributed by atoms with Crippen LogP contribution in [0.2, 0.25) is 0 Å². The summed E-state index contributed by atoms with van der Waals surface area (Å²) in [6, 6.07) is 1.03. The van der Waals surface area contributed by atoms with Crippen LogP contribution in [0.25, 0.3) is 0 Å². The van der Waals surface area contributed by atoms with E-state index in [1.165, 1.54) is 32.2 Å². The van der Waals surface area contributed by atoms with Crippen molar-refractivity contribution >= 4 is 30.7 Å². The standard InChI is InChI=1S/C16H29N3O.2ClH/c1-2-18-10-8-14-4-5-15(12-18)19(14)16(20)6-3-13-7-9-17-11-13;;/h13-15,17H,2-12H2,1H3;2*1H. The van der Waals surface area contributed by atoms with Gasteiger partial charge in [-0.05, 0) is 57.7 Å². The van der Waals surface area contributed by atoms with Crippen molar-refractivity contribution in [1.29, 1.82) is 0 Å². The molecular formula is C16H31Cl2N3O. The van der Waals surface area contributed by atoms with Crippen LogP contribution in [-0.4, -0.2) is 60.5 Å². The fraction of sp³-hybridized carbons (Fsp3) is 0.938. The summed E-state index contributed by atoms with van der Waals surface area (Å²) >= 11 is 0. The maximum absolute atomic E-state index is 12.7. The molecule has 0 radical (unpaired) electrons. The molecule has 1 N–H and O–H groups in total. The fourth-order valence-electron chi connectivity index (χ4n) is 4.26. The molecule has 130 valence electrons. The Hall–Kier alpha value is -0.0300. The number of halogens is 2. The van der Waals surface area contributed by atoms with E-state index in [0.29, 0.717) is 18.0 Å². The molecule has 1 amide bonds. The summed E-state index contributed by atoms with van der Waals surface area (Å²) in [6.07, 6.45) is 6.74. The number of hydrogen-bond acceptors (Lipinski definition) is 3. The van der Waals surface area contributed by atoms with E-state index in [0.717, 1.165) is 44.9 Å². The van der Waals surface area contributed by atoms with Crippen LogP contribution in [0.1, 0.15) is 45.4 Å². The molecule has 3 unspecified atom stereocenters. The molecule has 0 aromatic carbocycles. The van der Waals surface area contributed by atoms with Gasteiger partial charge in [-0.3, -0.25) is 4.79 Å². The number of likely N-dealkylation sites (N-methyl/N-ethyl adjacent to an activating group) is 1. The average molecular weight is 352 g/mol. The average Bonchev–Trinajstić information content (AvgIpc) is 3.04. The third-order valence-electron chi connectivity index (χ3n) is 5.53. The topological polar surface area (TPSA) is 35.6 Å². The lowest BCUT2D eigenvalue weighted by molar-refractivity contribution is -0.134. The van der Waals surface area contributed by atoms with Crippen LogP contribution in [0.5, 0.6) is 0 Å². The van der Waals surface area contributed by atoms with E-state index in [1.54, 1.807) is 0 Å². The normalized spacial score (nSPS) is 31.3. The van der Waals surface area contributed by atoms with Gasteiger partial charge in [0, 0.05) is 31.6 Å². The van der Waals surface area contributed by atoms with Crippen LogP contribution < -0.4 is 5.32 Å². The number of likely N-dealkylation sites (tertiary alicyclic amines) is 1. The molecule has 0 aromatic heterocycles. The molecule has 6 heteroatoms. The third-order valence-corrected chi connectivity index (χ3v) is 5.53. The number of carbonyl (C=O) groups excluding carboxylic acids is 1. The molecule has 22 heavy (non-hydrogen) atoms. The Morgan fingerprint density at radius 2 is 1.91 bits per heavy atom. The Kier molecular flexibility index (Phi) is 8.47. The zero-order valence-corrected chi connectivity index (χ0v) is 15.3. The second kappa shape index (κ2) is 9.31. The van der Waals surface area contributed by atoms with Gasteiger partial charge in [0.15, 0.2) is 0 Å². The predicted octanol–water partition coefficient (Wildman–Crippen LogP) is 2.30. The number of nitrogens with one attached hydrogen (secondary N) is 1. The lowest BCUT2D eigenvalue weighted by atomic mass is 10.0. The van der Waals surface area contributed by atoms with Gasteiger partial charge in [-0.2, -0.15) is 0 Å². The van der Waals surface area contributed by atoms with E-state index in [9.17, 15) is 4.79 Å². The Morgan fingerprint density at radius 1 is 1.14 bits per heavy atom. The van der Waals surface area contributed by atoms with Gasteiger partial charge in [0.25, 0.3) is 0 Å². The molecule has 3 aliphatic rings. The molecule has 0 saturated carbocycles. The Labute approximate surface area is 147 Å². The van der Waals surface area contributed by atoms with Crippen molar-refractivity contribution in [3.63, 3.8) is 0 Å². The number of nitrogens with zero attached hydrogens (tertiary/aromatic N) is 2. The Bertz CT molecular complexity index is 350. The first kappa shape index (κ1) is 20.0. The van der Waals surface area contributed by atoms with E-state index in [1.807, 2.05) is 0 Å². The van der Waals surface area contributed by atoms with Crippen molar-refractivity contribution in [1.82, 2.24) is 15.1 Å². The van der Waals surface area contributed by atoms with Crippen molar-refractivity contribution < 1.29 is 4.79 Å². The van der Waals surface area contributed by atoms with E-state index < -0.39 is 0 Å². The van der Waals surface area contributed by atoms with Gasteiger partial charge >= 0.3 is 0 Å². The van der Waals surface area contributed by atoms with Crippen LogP contribution >= 0.6 is 24.8 Å². The second-order valence-electron chi connectivity index (χ2n) is 6.77. The highest BCUT2D eigenvalue weighted by atomic mass is 35.5. The molecule has 3 fully saturated rings. The van der Waals surface area contributed by atoms with Crippen LogP contribution in [-0.2, 0) is 4.79 Å². The number of hydrogen-bond donors (Lipinski definition) is 1. The Morgan fingerprint density at radius 3 is 2.59 bits per heavy atom. The smallest absolute Gasteiger partial charge is 0.223 e. The van der Waals surface area contributed by atoms with Crippen molar-refractivity contribution in [3.8, 4) is 0 Å². The predicted molar refractivity (Wildman–Crippen MR) is 95.1 cm³/mol. The van der Waals surface area contributed by atoms with E-state index in [4.69, 9.17) is 0 Å². The first-order valence-electron chi connectivity index (χ1n) is 8.52. The number of carbonyl (C=O) groups is 1. The highest BCUT2D eigenvalue weighted by molar-refractivity contribution is 5.85. The zero-order chi connectivity index (χ0) is 13.9. The summed E-state index contributed by atoms with van der Waals surface area (Å²) in [5.74, 6) is 1.16. The minimum Gasteiger partial charge on any atom is -0.335 e. The minimum absolute atomic E-state index is 0. The zero-order valence-electron chi connectivity index (χ0n) is 13.6. The van der Waals surface area contributed by atoms with Gasteiger partial charge in [-0.25, -0.2) is 0 Å². The van der Waals surface area contributed by atoms with Crippen LogP contribution in [0, 0.1) is 5.92 Å². The van der Waals surface area contributed by atoms with Crippen molar-refractivity contribution in [2.24, 2.45) is 5.92 Å². The Balaban J connectivity index is 0.00000121. The highest BCUT2D eigenvalue weighted by Gasteiger charge is 2.39. The number of fused-ring (bicyclic) bond motifs is 2. The van der Waals surface area contributed by atoms with E-state index in [-0.39, 0.29) is 24.8 Å². The monoisotopic (exact) mass is 351 g/mol. The molecular weight excluding hydrogens is 321 g/mol. The van der Waals surface area contributed by atoms with Gasteiger partial charge in [0.2, 0.25) is 5.91 Å². The summed E-state index contributed by atoms with van der Waals surface area (Å²) in [6.45, 7) is 7.89. The van der Waals surface area contributed by atoms with Gasteiger partial charge in [0.05, 0.1) is 0 Å². The van der Waals surface area contributed by atoms with Gasteiger partial charge < -0.3 is 15.1 Å². The van der Waals surface area contributed by atoms with E-state index >= 15 is 0 Å². The highest BCUT2D eigenvalue weighted by Crippen LogP contribution is 2.31. The molecule has 3 rings (SSSR count). The molecule has 2 bridgehead atoms. The van der Waals surface area contributed by atoms with Crippen molar-refractivity contribution in [2.75, 3.05) is 32.7 Å². The summed E-state index contributed by atoms with van der Waals surface area (Å²) < 4.78 is 0. The van der Waals surface area contributed by atoms with Gasteiger partial charge in [0.1, 0.15) is 0 Å². The number of amides is 1. The van der Waals surface area contributed by atoms with Gasteiger partial charge in [-0.15, -0.1) is 24.8 Å². The van der Waals surface area contributed by atoms with Crippen molar-refractivity contribution in [3.05, 3.63) is 0 Å². The molecule has 3 aliphatic heterocycles. The lowest BCUT2D eigenvalue weighted by Crippen LogP contribution is -2.43. The first-order chi connectivity index (χ1) is 9.78. The molecule has 4 nitrogen and oxygen atoms in total. The van der Waals surface area contributed by atoms with Crippen LogP contribution in [0.3, 0.4) is 0 Å². The minimum atomic E-state index is 0. The second-order valence-corrected chi connectivity index (χ2v) is 6.77. The third kappa shape index (κ3) is 4.50. The van der Waals surface area contributed by atoms with Crippen LogP contribution in [0.15, 0.2) is 0 Å². The summed E-state index contributed by atoms with van der Waals surface area (Å²) in [7, 11) is 0. The van der Waals surface area contributed by atoms with Crippen molar-refractivity contribution in [2.45, 2.75) is 57.5 Å². The summed E-state index contributed by atoms with van der Waals surface area (Å²) in [5.41, 5.74) is 0. The quantitative estimate of drug-likeness (QED) is 0.843. The van der Waals surface area contributed by atoms with Crippen LogP contribution in [0.4, 0.5) is 0 Å². The maximum Gasteiger partial charge on any atom is 0.223 e. The maximum atomic E-state index is 12.7. The fourth-order valence-corrected chi connectivity index (χ4v) is 4.26. The molecule has 0 spiro atoms. The molecule has 3 saturated heterocycles. The summed E-state index contributed by atoms with van der Waals surface area (Å²) in [4.78, 5) is 17.4.